The lowest BCUT2D eigenvalue weighted by Gasteiger charge is -2.10. The molecule has 0 saturated carbocycles. The fourth-order valence-electron chi connectivity index (χ4n) is 2.22. The molecule has 0 aliphatic carbocycles. The molecule has 0 bridgehead atoms. The van der Waals surface area contributed by atoms with E-state index in [0.717, 1.165) is 31.0 Å². The molecule has 0 aliphatic rings. The first-order chi connectivity index (χ1) is 12.8. The van der Waals surface area contributed by atoms with Gasteiger partial charge in [-0.2, -0.15) is 0 Å². The summed E-state index contributed by atoms with van der Waals surface area (Å²) < 4.78 is 45.1. The normalized spacial score (nSPS) is 11.2. The maximum absolute atomic E-state index is 13.2. The number of anilines is 1. The Labute approximate surface area is 162 Å². The molecule has 1 amide bonds. The van der Waals surface area contributed by atoms with E-state index in [9.17, 15) is 17.6 Å². The molecule has 0 aromatic heterocycles. The smallest absolute Gasteiger partial charge is 0.261 e. The number of methoxy groups -OCH3 is 1. The van der Waals surface area contributed by atoms with Crippen molar-refractivity contribution in [1.29, 1.82) is 0 Å². The molecule has 0 atom stereocenters. The fourth-order valence-corrected chi connectivity index (χ4v) is 3.55. The monoisotopic (exact) mass is 414 g/mol. The zero-order chi connectivity index (χ0) is 19.9. The number of rotatable bonds is 9. The van der Waals surface area contributed by atoms with Gasteiger partial charge in [-0.3, -0.25) is 9.52 Å². The number of ether oxygens (including phenoxy) is 1. The Morgan fingerprint density at radius 2 is 1.85 bits per heavy atom. The van der Waals surface area contributed by atoms with Crippen molar-refractivity contribution in [3.8, 4) is 0 Å². The van der Waals surface area contributed by atoms with E-state index >= 15 is 0 Å². The van der Waals surface area contributed by atoms with Crippen LogP contribution in [-0.4, -0.2) is 34.6 Å². The van der Waals surface area contributed by atoms with Crippen LogP contribution in [-0.2, 0) is 14.8 Å². The van der Waals surface area contributed by atoms with Gasteiger partial charge in [-0.15, -0.1) is 0 Å². The van der Waals surface area contributed by atoms with Crippen molar-refractivity contribution in [2.45, 2.75) is 17.7 Å². The van der Waals surface area contributed by atoms with Crippen LogP contribution in [0.1, 0.15) is 23.2 Å². The Hall–Kier alpha value is -2.16. The first-order valence-electron chi connectivity index (χ1n) is 8.18. The summed E-state index contributed by atoms with van der Waals surface area (Å²) in [6, 6.07) is 9.11. The summed E-state index contributed by atoms with van der Waals surface area (Å²) in [5, 5.41) is 2.50. The summed E-state index contributed by atoms with van der Waals surface area (Å²) >= 11 is 5.63. The Bertz CT molecular complexity index is 889. The van der Waals surface area contributed by atoms with Gasteiger partial charge in [0.1, 0.15) is 5.82 Å². The highest BCUT2D eigenvalue weighted by Gasteiger charge is 2.16. The van der Waals surface area contributed by atoms with Crippen LogP contribution >= 0.6 is 11.6 Å². The van der Waals surface area contributed by atoms with Crippen LogP contribution in [0.2, 0.25) is 5.02 Å². The van der Waals surface area contributed by atoms with Crippen molar-refractivity contribution in [3.63, 3.8) is 0 Å². The van der Waals surface area contributed by atoms with Crippen molar-refractivity contribution >= 4 is 33.2 Å². The topological polar surface area (TPSA) is 84.5 Å². The maximum atomic E-state index is 13.2. The zero-order valence-electron chi connectivity index (χ0n) is 14.7. The standard InChI is InChI=1S/C18H20ClFN2O4S/c1-26-11-3-2-10-21-18(23)13-4-6-14(7-5-13)22-27(24,25)15-8-9-17(20)16(19)12-15/h4-9,12,22H,2-3,10-11H2,1H3,(H,21,23). The number of hydrogen-bond acceptors (Lipinski definition) is 4. The van der Waals surface area contributed by atoms with Crippen LogP contribution in [0.15, 0.2) is 47.4 Å². The molecule has 0 radical (unpaired) electrons. The van der Waals surface area contributed by atoms with Gasteiger partial charge >= 0.3 is 0 Å². The van der Waals surface area contributed by atoms with E-state index < -0.39 is 15.8 Å². The van der Waals surface area contributed by atoms with Gasteiger partial charge in [-0.25, -0.2) is 12.8 Å². The van der Waals surface area contributed by atoms with Crippen LogP contribution in [0.5, 0.6) is 0 Å². The molecule has 0 saturated heterocycles. The number of carbonyl (C=O) groups is 1. The fraction of sp³-hybridized carbons (Fsp3) is 0.278. The third kappa shape index (κ3) is 6.20. The molecule has 0 aliphatic heterocycles. The molecule has 6 nitrogen and oxygen atoms in total. The molecule has 2 N–H and O–H groups in total. The van der Waals surface area contributed by atoms with Gasteiger partial charge < -0.3 is 10.1 Å². The molecular weight excluding hydrogens is 395 g/mol. The van der Waals surface area contributed by atoms with Gasteiger partial charge in [0.15, 0.2) is 0 Å². The summed E-state index contributed by atoms with van der Waals surface area (Å²) in [4.78, 5) is 11.9. The first-order valence-corrected chi connectivity index (χ1v) is 10.0. The number of hydrogen-bond donors (Lipinski definition) is 2. The lowest BCUT2D eigenvalue weighted by Crippen LogP contribution is -2.24. The summed E-state index contributed by atoms with van der Waals surface area (Å²) in [6.07, 6.45) is 1.66. The predicted molar refractivity (Wildman–Crippen MR) is 102 cm³/mol. The van der Waals surface area contributed by atoms with E-state index in [1.807, 2.05) is 0 Å². The van der Waals surface area contributed by atoms with Gasteiger partial charge in [0, 0.05) is 31.5 Å². The van der Waals surface area contributed by atoms with E-state index in [2.05, 4.69) is 10.0 Å². The predicted octanol–water partition coefficient (Wildman–Crippen LogP) is 3.44. The van der Waals surface area contributed by atoms with E-state index in [4.69, 9.17) is 16.3 Å². The molecule has 0 fully saturated rings. The van der Waals surface area contributed by atoms with Crippen LogP contribution in [0.25, 0.3) is 0 Å². The number of halogens is 2. The number of carbonyl (C=O) groups excluding carboxylic acids is 1. The molecule has 0 unspecified atom stereocenters. The molecular formula is C18H20ClFN2O4S. The quantitative estimate of drug-likeness (QED) is 0.615. The lowest BCUT2D eigenvalue weighted by molar-refractivity contribution is 0.0951. The average molecular weight is 415 g/mol. The largest absolute Gasteiger partial charge is 0.385 e. The van der Waals surface area contributed by atoms with E-state index in [1.54, 1.807) is 7.11 Å². The molecule has 9 heteroatoms. The van der Waals surface area contributed by atoms with Crippen LogP contribution in [0, 0.1) is 5.82 Å². The number of nitrogens with one attached hydrogen (secondary N) is 2. The zero-order valence-corrected chi connectivity index (χ0v) is 16.2. The third-order valence-corrected chi connectivity index (χ3v) is 5.33. The van der Waals surface area contributed by atoms with Crippen LogP contribution < -0.4 is 10.0 Å². The number of sulfonamides is 1. The summed E-state index contributed by atoms with van der Waals surface area (Å²) in [5.41, 5.74) is 0.682. The van der Waals surface area contributed by atoms with Gasteiger partial charge in [-0.05, 0) is 55.3 Å². The van der Waals surface area contributed by atoms with E-state index in [-0.39, 0.29) is 21.5 Å². The second-order valence-corrected chi connectivity index (χ2v) is 7.80. The number of unbranched alkanes of at least 4 members (excludes halogenated alkanes) is 1. The van der Waals surface area contributed by atoms with Crippen molar-refractivity contribution in [2.75, 3.05) is 25.0 Å². The minimum absolute atomic E-state index is 0.160. The molecule has 2 aromatic rings. The minimum atomic E-state index is -3.92. The highest BCUT2D eigenvalue weighted by atomic mass is 35.5. The van der Waals surface area contributed by atoms with E-state index in [1.165, 1.54) is 24.3 Å². The second-order valence-electron chi connectivity index (χ2n) is 5.71. The molecule has 0 heterocycles. The molecule has 27 heavy (non-hydrogen) atoms. The summed E-state index contributed by atoms with van der Waals surface area (Å²) in [5.74, 6) is -0.944. The van der Waals surface area contributed by atoms with Gasteiger partial charge in [0.2, 0.25) is 0 Å². The highest BCUT2D eigenvalue weighted by molar-refractivity contribution is 7.92. The first kappa shape index (κ1) is 21.1. The molecule has 146 valence electrons. The third-order valence-electron chi connectivity index (χ3n) is 3.66. The number of benzene rings is 2. The van der Waals surface area contributed by atoms with Gasteiger partial charge in [-0.1, -0.05) is 11.6 Å². The van der Waals surface area contributed by atoms with Crippen LogP contribution in [0.4, 0.5) is 10.1 Å². The summed E-state index contributed by atoms with van der Waals surface area (Å²) in [7, 11) is -2.30. The molecule has 2 rings (SSSR count). The molecule has 0 spiro atoms. The van der Waals surface area contributed by atoms with Crippen molar-refractivity contribution in [1.82, 2.24) is 5.32 Å². The Morgan fingerprint density at radius 1 is 1.15 bits per heavy atom. The Balaban J connectivity index is 1.98. The highest BCUT2D eigenvalue weighted by Crippen LogP contribution is 2.22. The maximum Gasteiger partial charge on any atom is 0.261 e. The van der Waals surface area contributed by atoms with E-state index in [0.29, 0.717) is 18.7 Å². The van der Waals surface area contributed by atoms with Crippen molar-refractivity contribution < 1.29 is 22.3 Å². The van der Waals surface area contributed by atoms with Gasteiger partial charge in [0.25, 0.3) is 15.9 Å². The average Bonchev–Trinajstić information content (AvgIpc) is 2.64. The Kier molecular flexibility index (Phi) is 7.58. The lowest BCUT2D eigenvalue weighted by atomic mass is 10.2. The van der Waals surface area contributed by atoms with Crippen molar-refractivity contribution in [2.24, 2.45) is 0 Å². The van der Waals surface area contributed by atoms with Crippen molar-refractivity contribution in [3.05, 3.63) is 58.9 Å². The second kappa shape index (κ2) is 9.68. The van der Waals surface area contributed by atoms with Crippen LogP contribution in [0.3, 0.4) is 0 Å². The molecule has 2 aromatic carbocycles. The summed E-state index contributed by atoms with van der Waals surface area (Å²) in [6.45, 7) is 1.17. The SMILES string of the molecule is COCCCCNC(=O)c1ccc(NS(=O)(=O)c2ccc(F)c(Cl)c2)cc1. The van der Waals surface area contributed by atoms with Gasteiger partial charge in [0.05, 0.1) is 9.92 Å². The minimum Gasteiger partial charge on any atom is -0.385 e. The number of amides is 1. The Morgan fingerprint density at radius 3 is 2.48 bits per heavy atom.